The van der Waals surface area contributed by atoms with Gasteiger partial charge >= 0.3 is 0 Å². The van der Waals surface area contributed by atoms with Crippen molar-refractivity contribution in [2.24, 2.45) is 11.1 Å². The second-order valence-corrected chi connectivity index (χ2v) is 10.2. The Kier molecular flexibility index (Phi) is 6.81. The Morgan fingerprint density at radius 2 is 1.77 bits per heavy atom. The Bertz CT molecular complexity index is 928. The van der Waals surface area contributed by atoms with Gasteiger partial charge in [0.2, 0.25) is 5.91 Å². The lowest BCUT2D eigenvalue weighted by atomic mass is 9.74. The Balaban J connectivity index is 2.26. The highest BCUT2D eigenvalue weighted by Gasteiger charge is 2.53. The van der Waals surface area contributed by atoms with Crippen LogP contribution in [0.5, 0.6) is 0 Å². The van der Waals surface area contributed by atoms with Crippen LogP contribution in [0.3, 0.4) is 0 Å². The zero-order chi connectivity index (χ0) is 22.2. The van der Waals surface area contributed by atoms with E-state index in [2.05, 4.69) is 25.7 Å². The number of nitrogens with two attached hydrogens (primary N) is 1. The van der Waals surface area contributed by atoms with Gasteiger partial charge in [0.15, 0.2) is 0 Å². The SMILES string of the molecule is CCN1C(CC(C)(C)C)C(c2ccc(Cl)cc2F)C(c2cccc(Cl)c2)C1C(N)=O. The maximum atomic E-state index is 15.2. The number of rotatable bonds is 5. The molecular formula is C24H29Cl2FN2O. The van der Waals surface area contributed by atoms with Crippen molar-refractivity contribution in [1.29, 1.82) is 0 Å². The summed E-state index contributed by atoms with van der Waals surface area (Å²) in [6.07, 6.45) is 0.786. The summed E-state index contributed by atoms with van der Waals surface area (Å²) in [6, 6.07) is 11.6. The molecule has 1 saturated heterocycles. The number of hydrogen-bond donors (Lipinski definition) is 1. The lowest BCUT2D eigenvalue weighted by molar-refractivity contribution is -0.123. The molecule has 0 aromatic heterocycles. The maximum absolute atomic E-state index is 15.2. The predicted octanol–water partition coefficient (Wildman–Crippen LogP) is 5.99. The summed E-state index contributed by atoms with van der Waals surface area (Å²) in [5.41, 5.74) is 7.35. The molecule has 1 aliphatic heterocycles. The topological polar surface area (TPSA) is 46.3 Å². The van der Waals surface area contributed by atoms with Gasteiger partial charge in [0.1, 0.15) is 5.82 Å². The van der Waals surface area contributed by atoms with Crippen LogP contribution in [0.2, 0.25) is 10.0 Å². The van der Waals surface area contributed by atoms with Crippen LogP contribution in [0, 0.1) is 11.2 Å². The third-order valence-electron chi connectivity index (χ3n) is 5.96. The van der Waals surface area contributed by atoms with Crippen molar-refractivity contribution < 1.29 is 9.18 Å². The number of likely N-dealkylation sites (N-methyl/N-ethyl adjacent to an activating group) is 1. The van der Waals surface area contributed by atoms with Gasteiger partial charge in [0.05, 0.1) is 6.04 Å². The third kappa shape index (κ3) is 4.66. The molecule has 3 nitrogen and oxygen atoms in total. The molecule has 1 fully saturated rings. The van der Waals surface area contributed by atoms with Crippen molar-refractivity contribution in [1.82, 2.24) is 4.90 Å². The van der Waals surface area contributed by atoms with E-state index in [0.717, 1.165) is 12.0 Å². The number of carbonyl (C=O) groups excluding carboxylic acids is 1. The number of likely N-dealkylation sites (tertiary alicyclic amines) is 1. The summed E-state index contributed by atoms with van der Waals surface area (Å²) in [5.74, 6) is -1.35. The van der Waals surface area contributed by atoms with Crippen molar-refractivity contribution in [2.75, 3.05) is 6.54 Å². The molecule has 30 heavy (non-hydrogen) atoms. The van der Waals surface area contributed by atoms with Crippen LogP contribution in [0.4, 0.5) is 4.39 Å². The van der Waals surface area contributed by atoms with E-state index >= 15 is 4.39 Å². The zero-order valence-electron chi connectivity index (χ0n) is 17.8. The van der Waals surface area contributed by atoms with Crippen molar-refractivity contribution in [3.05, 3.63) is 69.5 Å². The van der Waals surface area contributed by atoms with E-state index in [1.807, 2.05) is 25.1 Å². The predicted molar refractivity (Wildman–Crippen MR) is 122 cm³/mol. The first-order chi connectivity index (χ1) is 14.0. The second-order valence-electron chi connectivity index (χ2n) is 9.28. The van der Waals surface area contributed by atoms with E-state index in [-0.39, 0.29) is 29.1 Å². The normalized spacial score (nSPS) is 24.9. The number of primary amides is 1. The fourth-order valence-electron chi connectivity index (χ4n) is 4.97. The molecule has 2 aromatic carbocycles. The average Bonchev–Trinajstić information content (AvgIpc) is 2.94. The van der Waals surface area contributed by atoms with Crippen LogP contribution < -0.4 is 5.73 Å². The van der Waals surface area contributed by atoms with Crippen LogP contribution in [-0.4, -0.2) is 29.4 Å². The standard InChI is InChI=1S/C24H29Cl2FN2O/c1-5-29-19(13-24(2,3)4)21(17-10-9-16(26)12-18(17)27)20(22(29)23(28)30)14-7-6-8-15(25)11-14/h6-12,19-22H,5,13H2,1-4H3,(H2,28,30). The molecule has 1 amide bonds. The highest BCUT2D eigenvalue weighted by Crippen LogP contribution is 2.51. The molecule has 0 spiro atoms. The van der Waals surface area contributed by atoms with Crippen LogP contribution in [0.1, 0.15) is 57.1 Å². The quantitative estimate of drug-likeness (QED) is 0.607. The number of benzene rings is 2. The number of carbonyl (C=O) groups is 1. The molecule has 2 aromatic rings. The number of hydrogen-bond acceptors (Lipinski definition) is 2. The van der Waals surface area contributed by atoms with E-state index in [4.69, 9.17) is 28.9 Å². The van der Waals surface area contributed by atoms with Gasteiger partial charge in [-0.3, -0.25) is 9.69 Å². The van der Waals surface area contributed by atoms with Crippen LogP contribution >= 0.6 is 23.2 Å². The lowest BCUT2D eigenvalue weighted by Gasteiger charge is -2.34. The first-order valence-electron chi connectivity index (χ1n) is 10.3. The summed E-state index contributed by atoms with van der Waals surface area (Å²) in [5, 5.41) is 0.924. The van der Waals surface area contributed by atoms with Gasteiger partial charge in [-0.2, -0.15) is 0 Å². The molecule has 4 unspecified atom stereocenters. The monoisotopic (exact) mass is 450 g/mol. The summed E-state index contributed by atoms with van der Waals surface area (Å²) >= 11 is 12.3. The maximum Gasteiger partial charge on any atom is 0.235 e. The second kappa shape index (κ2) is 8.86. The van der Waals surface area contributed by atoms with Crippen LogP contribution in [-0.2, 0) is 4.79 Å². The molecular weight excluding hydrogens is 422 g/mol. The van der Waals surface area contributed by atoms with Gasteiger partial charge in [-0.25, -0.2) is 4.39 Å². The summed E-state index contributed by atoms with van der Waals surface area (Å²) in [6.45, 7) is 9.12. The van der Waals surface area contributed by atoms with Crippen LogP contribution in [0.25, 0.3) is 0 Å². The number of amides is 1. The van der Waals surface area contributed by atoms with Crippen molar-refractivity contribution in [2.45, 2.75) is 58.0 Å². The molecule has 2 N–H and O–H groups in total. The first kappa shape index (κ1) is 23.1. The fraction of sp³-hybridized carbons (Fsp3) is 0.458. The molecule has 1 aliphatic rings. The fourth-order valence-corrected chi connectivity index (χ4v) is 5.33. The minimum atomic E-state index is -0.555. The molecule has 3 rings (SSSR count). The van der Waals surface area contributed by atoms with Gasteiger partial charge in [-0.1, -0.05) is 69.1 Å². The van der Waals surface area contributed by atoms with E-state index in [9.17, 15) is 4.79 Å². The Morgan fingerprint density at radius 1 is 1.10 bits per heavy atom. The van der Waals surface area contributed by atoms with Gasteiger partial charge in [-0.15, -0.1) is 0 Å². The summed E-state index contributed by atoms with van der Waals surface area (Å²) in [4.78, 5) is 14.8. The Morgan fingerprint density at radius 3 is 2.30 bits per heavy atom. The highest BCUT2D eigenvalue weighted by molar-refractivity contribution is 6.30. The largest absolute Gasteiger partial charge is 0.368 e. The molecule has 162 valence electrons. The van der Waals surface area contributed by atoms with Crippen molar-refractivity contribution in [3.8, 4) is 0 Å². The van der Waals surface area contributed by atoms with E-state index in [0.29, 0.717) is 22.2 Å². The van der Waals surface area contributed by atoms with Gasteiger partial charge < -0.3 is 5.73 Å². The molecule has 0 saturated carbocycles. The van der Waals surface area contributed by atoms with Gasteiger partial charge in [-0.05, 0) is 53.8 Å². The van der Waals surface area contributed by atoms with Crippen molar-refractivity contribution >= 4 is 29.1 Å². The zero-order valence-corrected chi connectivity index (χ0v) is 19.3. The molecule has 0 radical (unpaired) electrons. The molecule has 6 heteroatoms. The van der Waals surface area contributed by atoms with Gasteiger partial charge in [0.25, 0.3) is 0 Å². The van der Waals surface area contributed by atoms with E-state index < -0.39 is 11.9 Å². The Labute approximate surface area is 188 Å². The third-order valence-corrected chi connectivity index (χ3v) is 6.43. The number of halogens is 3. The minimum Gasteiger partial charge on any atom is -0.368 e. The molecule has 0 bridgehead atoms. The molecule has 0 aliphatic carbocycles. The average molecular weight is 451 g/mol. The first-order valence-corrected chi connectivity index (χ1v) is 11.0. The summed E-state index contributed by atoms with van der Waals surface area (Å²) in [7, 11) is 0. The highest BCUT2D eigenvalue weighted by atomic mass is 35.5. The molecule has 1 heterocycles. The van der Waals surface area contributed by atoms with E-state index in [1.54, 1.807) is 18.2 Å². The Hall–Kier alpha value is -1.62. The number of nitrogens with zero attached hydrogens (tertiary/aromatic N) is 1. The minimum absolute atomic E-state index is 0.0232. The van der Waals surface area contributed by atoms with E-state index in [1.165, 1.54) is 6.07 Å². The smallest absolute Gasteiger partial charge is 0.235 e. The van der Waals surface area contributed by atoms with Crippen LogP contribution in [0.15, 0.2) is 42.5 Å². The molecule has 4 atom stereocenters. The van der Waals surface area contributed by atoms with Crippen molar-refractivity contribution in [3.63, 3.8) is 0 Å². The lowest BCUT2D eigenvalue weighted by Crippen LogP contribution is -2.46. The summed E-state index contributed by atoms with van der Waals surface area (Å²) < 4.78 is 15.2. The van der Waals surface area contributed by atoms with Gasteiger partial charge in [0, 0.05) is 27.9 Å².